The molecule has 0 N–H and O–H groups in total. The summed E-state index contributed by atoms with van der Waals surface area (Å²) in [5.74, 6) is 0.206. The number of benzene rings is 2. The van der Waals surface area contributed by atoms with Crippen LogP contribution in [0.25, 0.3) is 0 Å². The van der Waals surface area contributed by atoms with Gasteiger partial charge in [-0.1, -0.05) is 15.9 Å². The number of ether oxygens (including phenoxy) is 1. The quantitative estimate of drug-likeness (QED) is 0.596. The number of nitriles is 1. The van der Waals surface area contributed by atoms with Crippen LogP contribution in [0, 0.1) is 17.1 Å². The van der Waals surface area contributed by atoms with Crippen LogP contribution >= 0.6 is 47.8 Å². The lowest BCUT2D eigenvalue weighted by molar-refractivity contribution is 0.301. The molecule has 0 saturated heterocycles. The maximum atomic E-state index is 13.2. The summed E-state index contributed by atoms with van der Waals surface area (Å²) in [6.07, 6.45) is 0. The normalized spacial score (nSPS) is 10.2. The first-order valence-electron chi connectivity index (χ1n) is 5.47. The molecule has 2 aromatic carbocycles. The summed E-state index contributed by atoms with van der Waals surface area (Å²) in [6, 6.07) is 9.71. The largest absolute Gasteiger partial charge is 0.486 e. The van der Waals surface area contributed by atoms with Crippen molar-refractivity contribution in [2.45, 2.75) is 6.61 Å². The van der Waals surface area contributed by atoms with Gasteiger partial charge in [-0.2, -0.15) is 5.26 Å². The Morgan fingerprint density at radius 2 is 1.75 bits per heavy atom. The summed E-state index contributed by atoms with van der Waals surface area (Å²) in [4.78, 5) is 0. The van der Waals surface area contributed by atoms with Crippen molar-refractivity contribution in [3.8, 4) is 11.8 Å². The highest BCUT2D eigenvalue weighted by molar-refractivity contribution is 9.11. The lowest BCUT2D eigenvalue weighted by atomic mass is 10.1. The first-order valence-corrected chi connectivity index (χ1v) is 7.85. The predicted octanol–water partition coefficient (Wildman–Crippen LogP) is 5.56. The summed E-state index contributed by atoms with van der Waals surface area (Å²) in [5.41, 5.74) is 0.907. The van der Waals surface area contributed by atoms with E-state index in [4.69, 9.17) is 10.00 Å². The van der Waals surface area contributed by atoms with E-state index in [1.165, 1.54) is 18.2 Å². The topological polar surface area (TPSA) is 33.0 Å². The highest BCUT2D eigenvalue weighted by Gasteiger charge is 2.10. The number of hydrogen-bond donors (Lipinski definition) is 0. The zero-order chi connectivity index (χ0) is 14.7. The lowest BCUT2D eigenvalue weighted by Crippen LogP contribution is -2.00. The Labute approximate surface area is 140 Å². The van der Waals surface area contributed by atoms with Gasteiger partial charge in [0.2, 0.25) is 0 Å². The summed E-state index contributed by atoms with van der Waals surface area (Å²) in [7, 11) is 0. The molecule has 0 bridgehead atoms. The van der Waals surface area contributed by atoms with E-state index in [0.717, 1.165) is 13.4 Å². The molecule has 0 amide bonds. The molecule has 0 aliphatic carbocycles. The standard InChI is InChI=1S/C14H7Br3FNO/c15-10-4-12(16)14(13(17)5-10)20-7-9-3-11(18)2-1-8(9)6-19/h1-5H,7H2. The number of hydrogen-bond acceptors (Lipinski definition) is 2. The predicted molar refractivity (Wildman–Crippen MR) is 85.0 cm³/mol. The van der Waals surface area contributed by atoms with Gasteiger partial charge in [-0.3, -0.25) is 0 Å². The smallest absolute Gasteiger partial charge is 0.148 e. The van der Waals surface area contributed by atoms with E-state index in [1.807, 2.05) is 18.2 Å². The van der Waals surface area contributed by atoms with Crippen molar-refractivity contribution in [2.75, 3.05) is 0 Å². The monoisotopic (exact) mass is 461 g/mol. The summed E-state index contributed by atoms with van der Waals surface area (Å²) in [5, 5.41) is 9.00. The van der Waals surface area contributed by atoms with Crippen LogP contribution in [-0.4, -0.2) is 0 Å². The molecule has 0 fully saturated rings. The Bertz CT molecular complexity index is 674. The third-order valence-corrected chi connectivity index (χ3v) is 4.16. The van der Waals surface area contributed by atoms with Gasteiger partial charge in [0.05, 0.1) is 20.6 Å². The fourth-order valence-electron chi connectivity index (χ4n) is 1.61. The van der Waals surface area contributed by atoms with Crippen LogP contribution in [0.1, 0.15) is 11.1 Å². The molecule has 0 aliphatic rings. The van der Waals surface area contributed by atoms with Crippen LogP contribution in [0.3, 0.4) is 0 Å². The highest BCUT2D eigenvalue weighted by Crippen LogP contribution is 2.37. The van der Waals surface area contributed by atoms with Crippen LogP contribution in [0.15, 0.2) is 43.7 Å². The van der Waals surface area contributed by atoms with E-state index in [1.54, 1.807) is 0 Å². The zero-order valence-corrected chi connectivity index (χ0v) is 14.7. The van der Waals surface area contributed by atoms with Crippen LogP contribution < -0.4 is 4.74 Å². The number of nitrogens with zero attached hydrogens (tertiary/aromatic N) is 1. The van der Waals surface area contributed by atoms with Gasteiger partial charge in [0.1, 0.15) is 18.2 Å². The maximum Gasteiger partial charge on any atom is 0.148 e. The summed E-state index contributed by atoms with van der Waals surface area (Å²) < 4.78 is 21.3. The number of rotatable bonds is 3. The molecule has 2 nitrogen and oxygen atoms in total. The summed E-state index contributed by atoms with van der Waals surface area (Å²) >= 11 is 10.2. The maximum absolute atomic E-state index is 13.2. The van der Waals surface area contributed by atoms with Gasteiger partial charge in [-0.25, -0.2) is 4.39 Å². The molecular weight excluding hydrogens is 457 g/mol. The second-order valence-electron chi connectivity index (χ2n) is 3.90. The molecular formula is C14H7Br3FNO. The summed E-state index contributed by atoms with van der Waals surface area (Å²) in [6.45, 7) is 0.111. The Kier molecular flexibility index (Phi) is 5.19. The molecule has 0 atom stereocenters. The molecule has 0 heterocycles. The Balaban J connectivity index is 2.26. The minimum atomic E-state index is -0.392. The van der Waals surface area contributed by atoms with E-state index in [2.05, 4.69) is 47.8 Å². The molecule has 0 aromatic heterocycles. The van der Waals surface area contributed by atoms with Gasteiger partial charge < -0.3 is 4.74 Å². The molecule has 0 spiro atoms. The number of halogens is 4. The molecule has 2 aromatic rings. The van der Waals surface area contributed by atoms with Crippen molar-refractivity contribution in [3.05, 3.63) is 60.7 Å². The molecule has 102 valence electrons. The molecule has 6 heteroatoms. The van der Waals surface area contributed by atoms with Gasteiger partial charge in [-0.05, 0) is 62.2 Å². The van der Waals surface area contributed by atoms with Crippen molar-refractivity contribution in [2.24, 2.45) is 0 Å². The van der Waals surface area contributed by atoms with Crippen molar-refractivity contribution >= 4 is 47.8 Å². The fraction of sp³-hybridized carbons (Fsp3) is 0.0714. The molecule has 0 unspecified atom stereocenters. The van der Waals surface area contributed by atoms with Gasteiger partial charge in [0.15, 0.2) is 0 Å². The Morgan fingerprint density at radius 3 is 2.35 bits per heavy atom. The van der Waals surface area contributed by atoms with Crippen LogP contribution in [0.2, 0.25) is 0 Å². The van der Waals surface area contributed by atoms with Crippen molar-refractivity contribution in [1.29, 1.82) is 5.26 Å². The first-order chi connectivity index (χ1) is 9.51. The average Bonchev–Trinajstić information content (AvgIpc) is 2.37. The van der Waals surface area contributed by atoms with E-state index in [-0.39, 0.29) is 6.61 Å². The zero-order valence-electron chi connectivity index (χ0n) is 9.96. The van der Waals surface area contributed by atoms with Gasteiger partial charge >= 0.3 is 0 Å². The Morgan fingerprint density at radius 1 is 1.10 bits per heavy atom. The van der Waals surface area contributed by atoms with Gasteiger partial charge in [0, 0.05) is 10.0 Å². The van der Waals surface area contributed by atoms with Crippen LogP contribution in [0.4, 0.5) is 4.39 Å². The third-order valence-electron chi connectivity index (χ3n) is 2.52. The minimum Gasteiger partial charge on any atom is -0.486 e. The SMILES string of the molecule is N#Cc1ccc(F)cc1COc1c(Br)cc(Br)cc1Br. The second-order valence-corrected chi connectivity index (χ2v) is 6.52. The molecule has 20 heavy (non-hydrogen) atoms. The molecule has 0 aliphatic heterocycles. The van der Waals surface area contributed by atoms with Gasteiger partial charge in [-0.15, -0.1) is 0 Å². The molecule has 0 radical (unpaired) electrons. The lowest BCUT2D eigenvalue weighted by Gasteiger charge is -2.11. The Hall–Kier alpha value is -0.900. The fourth-order valence-corrected chi connectivity index (χ4v) is 4.10. The van der Waals surface area contributed by atoms with E-state index >= 15 is 0 Å². The second kappa shape index (κ2) is 6.70. The highest BCUT2D eigenvalue weighted by atomic mass is 79.9. The van der Waals surface area contributed by atoms with Crippen LogP contribution in [0.5, 0.6) is 5.75 Å². The average molecular weight is 464 g/mol. The van der Waals surface area contributed by atoms with E-state index in [0.29, 0.717) is 16.9 Å². The minimum absolute atomic E-state index is 0.111. The van der Waals surface area contributed by atoms with Crippen molar-refractivity contribution in [1.82, 2.24) is 0 Å². The first kappa shape index (κ1) is 15.5. The van der Waals surface area contributed by atoms with Crippen LogP contribution in [-0.2, 0) is 6.61 Å². The molecule has 2 rings (SSSR count). The van der Waals surface area contributed by atoms with E-state index in [9.17, 15) is 4.39 Å². The van der Waals surface area contributed by atoms with Gasteiger partial charge in [0.25, 0.3) is 0 Å². The third kappa shape index (κ3) is 3.60. The van der Waals surface area contributed by atoms with E-state index < -0.39 is 5.82 Å². The molecule has 0 saturated carbocycles. The van der Waals surface area contributed by atoms with Crippen molar-refractivity contribution in [3.63, 3.8) is 0 Å². The van der Waals surface area contributed by atoms with Crippen molar-refractivity contribution < 1.29 is 9.13 Å².